The van der Waals surface area contributed by atoms with Crippen molar-refractivity contribution in [1.29, 1.82) is 0 Å². The largest absolute Gasteiger partial charge is 0.379 e. The van der Waals surface area contributed by atoms with E-state index < -0.39 is 0 Å². The standard InChI is InChI=1S/C17H27Cl2N5O2/c1-20-17(22-5-3-8-25-12-14-4-2-9-26-14)23-7-6-21-16-15(19)10-13(18)11-24-16/h10-11,14H,2-9,12H2,1H3,(H,21,24)(H2,20,22,23). The zero-order chi connectivity index (χ0) is 18.6. The maximum atomic E-state index is 6.06. The quantitative estimate of drug-likeness (QED) is 0.316. The van der Waals surface area contributed by atoms with Gasteiger partial charge in [-0.25, -0.2) is 4.98 Å². The molecule has 0 aromatic carbocycles. The number of hydrogen-bond donors (Lipinski definition) is 3. The lowest BCUT2D eigenvalue weighted by Gasteiger charge is -2.13. The number of aromatic nitrogens is 1. The maximum absolute atomic E-state index is 6.06. The Bertz CT molecular complexity index is 568. The van der Waals surface area contributed by atoms with Gasteiger partial charge in [-0.1, -0.05) is 23.2 Å². The monoisotopic (exact) mass is 403 g/mol. The lowest BCUT2D eigenvalue weighted by atomic mass is 10.2. The summed E-state index contributed by atoms with van der Waals surface area (Å²) in [6.45, 7) is 4.40. The Labute approximate surface area is 164 Å². The third kappa shape index (κ3) is 7.95. The first-order valence-corrected chi connectivity index (χ1v) is 9.63. The molecule has 1 aromatic rings. The van der Waals surface area contributed by atoms with Gasteiger partial charge in [-0.15, -0.1) is 0 Å². The molecular weight excluding hydrogens is 377 g/mol. The van der Waals surface area contributed by atoms with E-state index in [0.717, 1.165) is 38.4 Å². The van der Waals surface area contributed by atoms with Crippen LogP contribution in [0.1, 0.15) is 19.3 Å². The number of nitrogens with zero attached hydrogens (tertiary/aromatic N) is 2. The minimum Gasteiger partial charge on any atom is -0.379 e. The molecule has 7 nitrogen and oxygen atoms in total. The summed E-state index contributed by atoms with van der Waals surface area (Å²) in [4.78, 5) is 8.34. The zero-order valence-electron chi connectivity index (χ0n) is 15.1. The second-order valence-electron chi connectivity index (χ2n) is 5.90. The molecular formula is C17H27Cl2N5O2. The molecule has 0 spiro atoms. The van der Waals surface area contributed by atoms with Gasteiger partial charge in [-0.3, -0.25) is 4.99 Å². The predicted molar refractivity (Wildman–Crippen MR) is 107 cm³/mol. The van der Waals surface area contributed by atoms with Crippen molar-refractivity contribution in [3.8, 4) is 0 Å². The Morgan fingerprint density at radius 1 is 1.35 bits per heavy atom. The van der Waals surface area contributed by atoms with E-state index in [1.807, 2.05) is 0 Å². The van der Waals surface area contributed by atoms with Crippen molar-refractivity contribution in [1.82, 2.24) is 15.6 Å². The highest BCUT2D eigenvalue weighted by atomic mass is 35.5. The molecule has 0 saturated carbocycles. The van der Waals surface area contributed by atoms with E-state index in [1.165, 1.54) is 0 Å². The van der Waals surface area contributed by atoms with E-state index in [-0.39, 0.29) is 6.10 Å². The molecule has 1 fully saturated rings. The normalized spacial score (nSPS) is 17.3. The van der Waals surface area contributed by atoms with E-state index in [9.17, 15) is 0 Å². The van der Waals surface area contributed by atoms with Crippen molar-refractivity contribution >= 4 is 35.0 Å². The summed E-state index contributed by atoms with van der Waals surface area (Å²) in [5.41, 5.74) is 0. The molecule has 0 radical (unpaired) electrons. The molecule has 1 aliphatic heterocycles. The van der Waals surface area contributed by atoms with Crippen LogP contribution >= 0.6 is 23.2 Å². The number of pyridine rings is 1. The smallest absolute Gasteiger partial charge is 0.191 e. The number of anilines is 1. The van der Waals surface area contributed by atoms with E-state index in [1.54, 1.807) is 19.3 Å². The molecule has 2 rings (SSSR count). The summed E-state index contributed by atoms with van der Waals surface area (Å²) in [6.07, 6.45) is 5.01. The first-order chi connectivity index (χ1) is 12.7. The summed E-state index contributed by atoms with van der Waals surface area (Å²) in [6, 6.07) is 1.66. The highest BCUT2D eigenvalue weighted by molar-refractivity contribution is 6.35. The van der Waals surface area contributed by atoms with Crippen molar-refractivity contribution in [3.05, 3.63) is 22.3 Å². The van der Waals surface area contributed by atoms with Crippen LogP contribution in [0.25, 0.3) is 0 Å². The van der Waals surface area contributed by atoms with Crippen LogP contribution in [0.3, 0.4) is 0 Å². The Morgan fingerprint density at radius 3 is 2.92 bits per heavy atom. The molecule has 1 atom stereocenters. The Hall–Kier alpha value is -1.28. The van der Waals surface area contributed by atoms with Crippen LogP contribution in [-0.4, -0.2) is 63.6 Å². The fraction of sp³-hybridized carbons (Fsp3) is 0.647. The number of rotatable bonds is 10. The maximum Gasteiger partial charge on any atom is 0.191 e. The minimum atomic E-state index is 0.286. The molecule has 3 N–H and O–H groups in total. The van der Waals surface area contributed by atoms with Crippen LogP contribution in [0, 0.1) is 0 Å². The van der Waals surface area contributed by atoms with Gasteiger partial charge in [0, 0.05) is 46.1 Å². The van der Waals surface area contributed by atoms with Gasteiger partial charge in [-0.05, 0) is 25.3 Å². The lowest BCUT2D eigenvalue weighted by Crippen LogP contribution is -2.40. The van der Waals surface area contributed by atoms with Crippen LogP contribution in [0.4, 0.5) is 5.82 Å². The van der Waals surface area contributed by atoms with Crippen molar-refractivity contribution in [2.24, 2.45) is 4.99 Å². The van der Waals surface area contributed by atoms with E-state index in [4.69, 9.17) is 32.7 Å². The van der Waals surface area contributed by atoms with Crippen LogP contribution < -0.4 is 16.0 Å². The second-order valence-corrected chi connectivity index (χ2v) is 6.74. The van der Waals surface area contributed by atoms with Crippen molar-refractivity contribution in [3.63, 3.8) is 0 Å². The Kier molecular flexibility index (Phi) is 9.84. The van der Waals surface area contributed by atoms with Crippen LogP contribution in [0.2, 0.25) is 10.0 Å². The van der Waals surface area contributed by atoms with Crippen molar-refractivity contribution < 1.29 is 9.47 Å². The minimum absolute atomic E-state index is 0.286. The summed E-state index contributed by atoms with van der Waals surface area (Å²) < 4.78 is 11.2. The van der Waals surface area contributed by atoms with Gasteiger partial charge < -0.3 is 25.4 Å². The topological polar surface area (TPSA) is 79.8 Å². The highest BCUT2D eigenvalue weighted by Crippen LogP contribution is 2.21. The van der Waals surface area contributed by atoms with E-state index in [2.05, 4.69) is 25.9 Å². The van der Waals surface area contributed by atoms with Crippen LogP contribution in [0.5, 0.6) is 0 Å². The summed E-state index contributed by atoms with van der Waals surface area (Å²) >= 11 is 11.9. The molecule has 9 heteroatoms. The number of ether oxygens (including phenoxy) is 2. The molecule has 0 bridgehead atoms. The number of aliphatic imine (C=N–C) groups is 1. The number of halogens is 2. The van der Waals surface area contributed by atoms with E-state index >= 15 is 0 Å². The third-order valence-corrected chi connectivity index (χ3v) is 4.32. The summed E-state index contributed by atoms with van der Waals surface area (Å²) in [7, 11) is 1.74. The fourth-order valence-electron chi connectivity index (χ4n) is 2.50. The van der Waals surface area contributed by atoms with E-state index in [0.29, 0.717) is 42.2 Å². The van der Waals surface area contributed by atoms with Gasteiger partial charge in [0.05, 0.1) is 22.8 Å². The molecule has 1 saturated heterocycles. The van der Waals surface area contributed by atoms with Crippen LogP contribution in [0.15, 0.2) is 17.3 Å². The molecule has 2 heterocycles. The Morgan fingerprint density at radius 2 is 2.19 bits per heavy atom. The third-order valence-electron chi connectivity index (χ3n) is 3.83. The van der Waals surface area contributed by atoms with Crippen molar-refractivity contribution in [2.45, 2.75) is 25.4 Å². The van der Waals surface area contributed by atoms with Gasteiger partial charge in [0.1, 0.15) is 5.82 Å². The van der Waals surface area contributed by atoms with Gasteiger partial charge in [0.15, 0.2) is 5.96 Å². The molecule has 0 amide bonds. The summed E-state index contributed by atoms with van der Waals surface area (Å²) in [5.74, 6) is 1.37. The van der Waals surface area contributed by atoms with Crippen LogP contribution in [-0.2, 0) is 9.47 Å². The Balaban J connectivity index is 1.50. The number of hydrogen-bond acceptors (Lipinski definition) is 5. The lowest BCUT2D eigenvalue weighted by molar-refractivity contribution is 0.0168. The average Bonchev–Trinajstić information content (AvgIpc) is 3.14. The highest BCUT2D eigenvalue weighted by Gasteiger charge is 2.14. The average molecular weight is 404 g/mol. The number of guanidine groups is 1. The van der Waals surface area contributed by atoms with Gasteiger partial charge in [0.25, 0.3) is 0 Å². The molecule has 0 aliphatic carbocycles. The first-order valence-electron chi connectivity index (χ1n) is 8.88. The molecule has 26 heavy (non-hydrogen) atoms. The second kappa shape index (κ2) is 12.2. The van der Waals surface area contributed by atoms with Crippen molar-refractivity contribution in [2.75, 3.05) is 51.8 Å². The molecule has 146 valence electrons. The molecule has 1 aliphatic rings. The predicted octanol–water partition coefficient (Wildman–Crippen LogP) is 2.55. The van der Waals surface area contributed by atoms with Gasteiger partial charge in [-0.2, -0.15) is 0 Å². The molecule has 1 aromatic heterocycles. The van der Waals surface area contributed by atoms with Gasteiger partial charge >= 0.3 is 0 Å². The number of nitrogens with one attached hydrogen (secondary N) is 3. The van der Waals surface area contributed by atoms with Gasteiger partial charge in [0.2, 0.25) is 0 Å². The first kappa shape index (κ1) is 21.0. The summed E-state index contributed by atoms with van der Waals surface area (Å²) in [5, 5.41) is 10.7. The molecule has 1 unspecified atom stereocenters. The zero-order valence-corrected chi connectivity index (χ0v) is 16.6. The fourth-order valence-corrected chi connectivity index (χ4v) is 2.95. The SMILES string of the molecule is CN=C(NCCCOCC1CCCO1)NCCNc1ncc(Cl)cc1Cl.